The van der Waals surface area contributed by atoms with Gasteiger partial charge in [-0.05, 0) is 62.8 Å². The van der Waals surface area contributed by atoms with Crippen LogP contribution in [0.25, 0.3) is 11.8 Å². The first kappa shape index (κ1) is 15.4. The molecule has 2 aromatic heterocycles. The zero-order valence-corrected chi connectivity index (χ0v) is 14.1. The van der Waals surface area contributed by atoms with E-state index in [4.69, 9.17) is 12.2 Å². The fourth-order valence-electron chi connectivity index (χ4n) is 2.83. The maximum Gasteiger partial charge on any atom is 0.276 e. The minimum atomic E-state index is -0.0799. The molecule has 1 amide bonds. The van der Waals surface area contributed by atoms with Crippen molar-refractivity contribution in [3.63, 3.8) is 0 Å². The Morgan fingerprint density at radius 2 is 2.17 bits per heavy atom. The topological polar surface area (TPSA) is 50.2 Å². The van der Waals surface area contributed by atoms with Gasteiger partial charge in [0, 0.05) is 24.1 Å². The molecular weight excluding hydrogens is 308 g/mol. The maximum atomic E-state index is 12.3. The van der Waals surface area contributed by atoms with Gasteiger partial charge in [0.05, 0.1) is 11.9 Å². The van der Waals surface area contributed by atoms with Gasteiger partial charge < -0.3 is 9.88 Å². The van der Waals surface area contributed by atoms with E-state index in [0.717, 1.165) is 22.6 Å². The van der Waals surface area contributed by atoms with Crippen molar-refractivity contribution in [3.8, 4) is 5.69 Å². The summed E-state index contributed by atoms with van der Waals surface area (Å²) in [7, 11) is 0. The van der Waals surface area contributed by atoms with E-state index in [2.05, 4.69) is 20.9 Å². The van der Waals surface area contributed by atoms with Gasteiger partial charge in [0.15, 0.2) is 5.11 Å². The average molecular weight is 326 g/mol. The highest BCUT2D eigenvalue weighted by Crippen LogP contribution is 2.23. The zero-order chi connectivity index (χ0) is 16.6. The van der Waals surface area contributed by atoms with Gasteiger partial charge in [-0.15, -0.1) is 0 Å². The molecule has 0 unspecified atom stereocenters. The quantitative estimate of drug-likeness (QED) is 0.696. The molecule has 0 saturated carbocycles. The highest BCUT2D eigenvalue weighted by Gasteiger charge is 2.29. The Hall–Kier alpha value is -2.47. The minimum absolute atomic E-state index is 0.0799. The van der Waals surface area contributed by atoms with Crippen LogP contribution in [-0.2, 0) is 4.79 Å². The average Bonchev–Trinajstić information content (AvgIpc) is 2.96. The van der Waals surface area contributed by atoms with Crippen LogP contribution in [0.15, 0.2) is 36.3 Å². The van der Waals surface area contributed by atoms with Crippen molar-refractivity contribution in [2.75, 3.05) is 6.54 Å². The van der Waals surface area contributed by atoms with Gasteiger partial charge >= 0.3 is 0 Å². The summed E-state index contributed by atoms with van der Waals surface area (Å²) in [6, 6.07) is 5.98. The number of carbonyl (C=O) groups is 1. The summed E-state index contributed by atoms with van der Waals surface area (Å²) in [4.78, 5) is 18.0. The Bertz CT molecular complexity index is 808. The monoisotopic (exact) mass is 326 g/mol. The molecule has 6 heteroatoms. The third-order valence-electron chi connectivity index (χ3n) is 3.95. The summed E-state index contributed by atoms with van der Waals surface area (Å²) >= 11 is 5.19. The Labute approximate surface area is 140 Å². The predicted octanol–water partition coefficient (Wildman–Crippen LogP) is 2.57. The number of nitrogens with one attached hydrogen (secondary N) is 1. The third kappa shape index (κ3) is 2.66. The first-order chi connectivity index (χ1) is 11.0. The van der Waals surface area contributed by atoms with Crippen molar-refractivity contribution < 1.29 is 4.79 Å². The lowest BCUT2D eigenvalue weighted by molar-refractivity contribution is -0.122. The van der Waals surface area contributed by atoms with Gasteiger partial charge in [0.1, 0.15) is 5.70 Å². The van der Waals surface area contributed by atoms with E-state index in [9.17, 15) is 4.79 Å². The predicted molar refractivity (Wildman–Crippen MR) is 94.1 cm³/mol. The number of aromatic nitrogens is 2. The molecule has 1 saturated heterocycles. The molecule has 0 atom stereocenters. The first-order valence-electron chi connectivity index (χ1n) is 7.46. The molecule has 1 aliphatic heterocycles. The van der Waals surface area contributed by atoms with Crippen LogP contribution < -0.4 is 5.32 Å². The number of aryl methyl sites for hydroxylation is 1. The van der Waals surface area contributed by atoms with Gasteiger partial charge in [0.25, 0.3) is 5.91 Å². The molecule has 2 aromatic rings. The molecule has 1 aliphatic rings. The van der Waals surface area contributed by atoms with Crippen LogP contribution in [-0.4, -0.2) is 32.0 Å². The molecule has 0 aliphatic carbocycles. The summed E-state index contributed by atoms with van der Waals surface area (Å²) < 4.78 is 2.12. The molecule has 118 valence electrons. The normalized spacial score (nSPS) is 16.3. The van der Waals surface area contributed by atoms with E-state index in [1.807, 2.05) is 45.2 Å². The van der Waals surface area contributed by atoms with Gasteiger partial charge in [-0.25, -0.2) is 0 Å². The second-order valence-electron chi connectivity index (χ2n) is 5.41. The lowest BCUT2D eigenvalue weighted by Gasteiger charge is -2.09. The number of thiocarbonyl (C=S) groups is 1. The van der Waals surface area contributed by atoms with Crippen LogP contribution in [0.3, 0.4) is 0 Å². The summed E-state index contributed by atoms with van der Waals surface area (Å²) in [5.74, 6) is -0.0799. The lowest BCUT2D eigenvalue weighted by atomic mass is 10.2. The van der Waals surface area contributed by atoms with E-state index in [1.54, 1.807) is 11.1 Å². The molecule has 23 heavy (non-hydrogen) atoms. The summed E-state index contributed by atoms with van der Waals surface area (Å²) in [6.45, 7) is 6.54. The molecule has 5 nitrogen and oxygen atoms in total. The number of nitrogens with zero attached hydrogens (tertiary/aromatic N) is 3. The molecule has 0 aromatic carbocycles. The molecule has 3 heterocycles. The van der Waals surface area contributed by atoms with E-state index in [0.29, 0.717) is 17.4 Å². The minimum Gasteiger partial charge on any atom is -0.328 e. The highest BCUT2D eigenvalue weighted by atomic mass is 32.1. The molecule has 0 radical (unpaired) electrons. The lowest BCUT2D eigenvalue weighted by Crippen LogP contribution is -2.30. The van der Waals surface area contributed by atoms with Crippen LogP contribution in [0.5, 0.6) is 0 Å². The van der Waals surface area contributed by atoms with Crippen molar-refractivity contribution in [2.45, 2.75) is 20.8 Å². The summed E-state index contributed by atoms with van der Waals surface area (Å²) in [5, 5.41) is 3.46. The van der Waals surface area contributed by atoms with Crippen LogP contribution in [0.2, 0.25) is 0 Å². The largest absolute Gasteiger partial charge is 0.328 e. The molecule has 1 fully saturated rings. The van der Waals surface area contributed by atoms with Gasteiger partial charge in [-0.2, -0.15) is 0 Å². The van der Waals surface area contributed by atoms with E-state index >= 15 is 0 Å². The number of carbonyl (C=O) groups excluding carboxylic acids is 1. The Morgan fingerprint density at radius 3 is 2.78 bits per heavy atom. The molecule has 0 spiro atoms. The van der Waals surface area contributed by atoms with Crippen LogP contribution in [0.4, 0.5) is 0 Å². The van der Waals surface area contributed by atoms with Gasteiger partial charge in [0.2, 0.25) is 0 Å². The van der Waals surface area contributed by atoms with Gasteiger partial charge in [-0.3, -0.25) is 14.7 Å². The zero-order valence-electron chi connectivity index (χ0n) is 13.3. The van der Waals surface area contributed by atoms with E-state index in [1.165, 1.54) is 0 Å². The second kappa shape index (κ2) is 5.96. The first-order valence-corrected chi connectivity index (χ1v) is 7.87. The standard InChI is InChI=1S/C17H18N4OS/c1-4-20-16(22)15(19-17(20)23)9-13-8-11(2)21(12(13)3)14-6-5-7-18-10-14/h5-10H,4H2,1-3H3,(H,19,23). The van der Waals surface area contributed by atoms with E-state index in [-0.39, 0.29) is 5.91 Å². The number of likely N-dealkylation sites (N-methyl/N-ethyl adjacent to an activating group) is 1. The van der Waals surface area contributed by atoms with Crippen LogP contribution in [0, 0.1) is 13.8 Å². The molecule has 0 bridgehead atoms. The number of pyridine rings is 1. The number of hydrogen-bond acceptors (Lipinski definition) is 3. The van der Waals surface area contributed by atoms with Crippen molar-refractivity contribution >= 4 is 29.3 Å². The Balaban J connectivity index is 2.02. The second-order valence-corrected chi connectivity index (χ2v) is 5.80. The van der Waals surface area contributed by atoms with Gasteiger partial charge in [-0.1, -0.05) is 0 Å². The Morgan fingerprint density at radius 1 is 1.39 bits per heavy atom. The third-order valence-corrected chi connectivity index (χ3v) is 4.28. The summed E-state index contributed by atoms with van der Waals surface area (Å²) in [6.07, 6.45) is 5.44. The summed E-state index contributed by atoms with van der Waals surface area (Å²) in [5.41, 5.74) is 4.65. The van der Waals surface area contributed by atoms with Crippen molar-refractivity contribution in [1.82, 2.24) is 19.8 Å². The SMILES string of the molecule is CCN1C(=O)C(=Cc2cc(C)n(-c3cccnc3)c2C)NC1=S. The molecular formula is C17H18N4OS. The smallest absolute Gasteiger partial charge is 0.276 e. The van der Waals surface area contributed by atoms with E-state index < -0.39 is 0 Å². The van der Waals surface area contributed by atoms with Crippen LogP contribution >= 0.6 is 12.2 Å². The fourth-order valence-corrected chi connectivity index (χ4v) is 3.15. The molecule has 3 rings (SSSR count). The van der Waals surface area contributed by atoms with Crippen molar-refractivity contribution in [2.24, 2.45) is 0 Å². The van der Waals surface area contributed by atoms with Crippen molar-refractivity contribution in [3.05, 3.63) is 53.2 Å². The highest BCUT2D eigenvalue weighted by molar-refractivity contribution is 7.80. The number of amides is 1. The maximum absolute atomic E-state index is 12.3. The van der Waals surface area contributed by atoms with Crippen molar-refractivity contribution in [1.29, 1.82) is 0 Å². The fraction of sp³-hybridized carbons (Fsp3) is 0.235. The van der Waals surface area contributed by atoms with Crippen LogP contribution in [0.1, 0.15) is 23.9 Å². The molecule has 1 N–H and O–H groups in total. The Kier molecular flexibility index (Phi) is 4.00. The number of hydrogen-bond donors (Lipinski definition) is 1. The number of rotatable bonds is 3.